The van der Waals surface area contributed by atoms with Gasteiger partial charge in [0, 0.05) is 13.5 Å². The molecule has 0 bridgehead atoms. The summed E-state index contributed by atoms with van der Waals surface area (Å²) in [4.78, 5) is 0. The third-order valence-corrected chi connectivity index (χ3v) is 3.84. The van der Waals surface area contributed by atoms with Gasteiger partial charge in [-0.2, -0.15) is 5.10 Å². The molecule has 0 spiro atoms. The lowest BCUT2D eigenvalue weighted by molar-refractivity contribution is 0.169. The maximum atomic E-state index is 10.4. The summed E-state index contributed by atoms with van der Waals surface area (Å²) in [5.41, 5.74) is 1.76. The normalized spacial score (nSPS) is 12.8. The molecule has 2 aromatic carbocycles. The Morgan fingerprint density at radius 1 is 1.20 bits per heavy atom. The van der Waals surface area contributed by atoms with Gasteiger partial charge in [0.25, 0.3) is 0 Å². The molecule has 3 nitrogen and oxygen atoms in total. The van der Waals surface area contributed by atoms with Gasteiger partial charge >= 0.3 is 0 Å². The number of hydrogen-bond donors (Lipinski definition) is 1. The molecule has 1 N–H and O–H groups in total. The topological polar surface area (TPSA) is 38.0 Å². The fourth-order valence-electron chi connectivity index (χ4n) is 2.57. The molecular weight excluding hydrogens is 272 g/mol. The summed E-state index contributed by atoms with van der Waals surface area (Å²) in [6.45, 7) is 0. The van der Waals surface area contributed by atoms with Crippen molar-refractivity contribution in [2.75, 3.05) is 0 Å². The van der Waals surface area contributed by atoms with E-state index in [-0.39, 0.29) is 0 Å². The molecule has 3 rings (SSSR count). The SMILES string of the molecule is Cn1ncc(Cl)c1C(O)Cc1cccc2ccccc12. The van der Waals surface area contributed by atoms with Crippen molar-refractivity contribution in [1.82, 2.24) is 9.78 Å². The third-order valence-electron chi connectivity index (χ3n) is 3.55. The quantitative estimate of drug-likeness (QED) is 0.800. The molecule has 0 aliphatic heterocycles. The highest BCUT2D eigenvalue weighted by molar-refractivity contribution is 6.31. The zero-order chi connectivity index (χ0) is 14.1. The number of aryl methyl sites for hydroxylation is 1. The summed E-state index contributed by atoms with van der Waals surface area (Å²) < 4.78 is 1.62. The van der Waals surface area contributed by atoms with E-state index in [0.717, 1.165) is 10.9 Å². The standard InChI is InChI=1S/C16H15ClN2O/c1-19-16(14(17)10-18-19)15(20)9-12-7-4-6-11-5-2-3-8-13(11)12/h2-8,10,15,20H,9H2,1H3. The van der Waals surface area contributed by atoms with Gasteiger partial charge in [0.05, 0.1) is 16.9 Å². The molecule has 20 heavy (non-hydrogen) atoms. The highest BCUT2D eigenvalue weighted by Gasteiger charge is 2.17. The predicted octanol–water partition coefficient (Wildman–Crippen LogP) is 3.50. The lowest BCUT2D eigenvalue weighted by atomic mass is 9.99. The lowest BCUT2D eigenvalue weighted by Gasteiger charge is -2.13. The monoisotopic (exact) mass is 286 g/mol. The van der Waals surface area contributed by atoms with Crippen molar-refractivity contribution in [3.8, 4) is 0 Å². The molecular formula is C16H15ClN2O. The van der Waals surface area contributed by atoms with Gasteiger partial charge in [0.1, 0.15) is 6.10 Å². The Kier molecular flexibility index (Phi) is 3.47. The van der Waals surface area contributed by atoms with Crippen molar-refractivity contribution in [2.45, 2.75) is 12.5 Å². The highest BCUT2D eigenvalue weighted by Crippen LogP contribution is 2.27. The summed E-state index contributed by atoms with van der Waals surface area (Å²) in [5.74, 6) is 0. The number of hydrogen-bond acceptors (Lipinski definition) is 2. The molecule has 1 unspecified atom stereocenters. The van der Waals surface area contributed by atoms with Crippen molar-refractivity contribution in [2.24, 2.45) is 7.05 Å². The van der Waals surface area contributed by atoms with Gasteiger partial charge in [-0.1, -0.05) is 54.1 Å². The van der Waals surface area contributed by atoms with E-state index in [9.17, 15) is 5.11 Å². The minimum atomic E-state index is -0.666. The van der Waals surface area contributed by atoms with Crippen LogP contribution in [0, 0.1) is 0 Å². The van der Waals surface area contributed by atoms with Crippen LogP contribution in [0.3, 0.4) is 0 Å². The van der Waals surface area contributed by atoms with E-state index in [1.54, 1.807) is 17.9 Å². The van der Waals surface area contributed by atoms with E-state index >= 15 is 0 Å². The molecule has 0 radical (unpaired) electrons. The average molecular weight is 287 g/mol. The summed E-state index contributed by atoms with van der Waals surface area (Å²) in [6.07, 6.45) is 1.41. The smallest absolute Gasteiger partial charge is 0.101 e. The molecule has 0 aliphatic rings. The van der Waals surface area contributed by atoms with Crippen molar-refractivity contribution in [1.29, 1.82) is 0 Å². The Bertz CT molecular complexity index is 726. The molecule has 0 fully saturated rings. The zero-order valence-electron chi connectivity index (χ0n) is 11.1. The molecule has 0 saturated heterocycles. The number of rotatable bonds is 3. The molecule has 0 saturated carbocycles. The van der Waals surface area contributed by atoms with Crippen LogP contribution >= 0.6 is 11.6 Å². The van der Waals surface area contributed by atoms with Gasteiger partial charge in [0.15, 0.2) is 0 Å². The van der Waals surface area contributed by atoms with Gasteiger partial charge < -0.3 is 5.11 Å². The number of benzene rings is 2. The van der Waals surface area contributed by atoms with E-state index in [1.807, 2.05) is 24.3 Å². The van der Waals surface area contributed by atoms with Crippen LogP contribution in [0.1, 0.15) is 17.4 Å². The number of aromatic nitrogens is 2. The van der Waals surface area contributed by atoms with Crippen LogP contribution in [0.15, 0.2) is 48.7 Å². The summed E-state index contributed by atoms with van der Waals surface area (Å²) in [5, 5.41) is 17.3. The van der Waals surface area contributed by atoms with Crippen molar-refractivity contribution < 1.29 is 5.11 Å². The second-order valence-corrected chi connectivity index (χ2v) is 5.27. The Balaban J connectivity index is 1.97. The van der Waals surface area contributed by atoms with Crippen LogP contribution in [0.4, 0.5) is 0 Å². The van der Waals surface area contributed by atoms with Gasteiger partial charge in [0.2, 0.25) is 0 Å². The van der Waals surface area contributed by atoms with Crippen LogP contribution in [-0.2, 0) is 13.5 Å². The van der Waals surface area contributed by atoms with Crippen molar-refractivity contribution in [3.05, 3.63) is 64.9 Å². The average Bonchev–Trinajstić information content (AvgIpc) is 2.78. The summed E-state index contributed by atoms with van der Waals surface area (Å²) in [7, 11) is 1.79. The first kappa shape index (κ1) is 13.2. The van der Waals surface area contributed by atoms with E-state index < -0.39 is 6.10 Å². The summed E-state index contributed by atoms with van der Waals surface area (Å²) in [6, 6.07) is 14.3. The second-order valence-electron chi connectivity index (χ2n) is 4.86. The molecule has 102 valence electrons. The predicted molar refractivity (Wildman–Crippen MR) is 80.8 cm³/mol. The molecule has 3 aromatic rings. The number of nitrogens with zero attached hydrogens (tertiary/aromatic N) is 2. The first-order valence-corrected chi connectivity index (χ1v) is 6.86. The first-order chi connectivity index (χ1) is 9.66. The Morgan fingerprint density at radius 3 is 2.70 bits per heavy atom. The van der Waals surface area contributed by atoms with Crippen LogP contribution in [0.2, 0.25) is 5.02 Å². The Morgan fingerprint density at radius 2 is 1.95 bits per heavy atom. The van der Waals surface area contributed by atoms with Crippen molar-refractivity contribution >= 4 is 22.4 Å². The van der Waals surface area contributed by atoms with E-state index in [1.165, 1.54) is 5.39 Å². The molecule has 1 heterocycles. The minimum Gasteiger partial charge on any atom is -0.386 e. The first-order valence-electron chi connectivity index (χ1n) is 6.49. The highest BCUT2D eigenvalue weighted by atomic mass is 35.5. The van der Waals surface area contributed by atoms with Crippen molar-refractivity contribution in [3.63, 3.8) is 0 Å². The van der Waals surface area contributed by atoms with Crippen LogP contribution in [0.5, 0.6) is 0 Å². The largest absolute Gasteiger partial charge is 0.386 e. The molecule has 1 aromatic heterocycles. The number of aliphatic hydroxyl groups is 1. The van der Waals surface area contributed by atoms with Gasteiger partial charge in [-0.05, 0) is 16.3 Å². The number of fused-ring (bicyclic) bond motifs is 1. The van der Waals surface area contributed by atoms with Gasteiger partial charge in [-0.3, -0.25) is 4.68 Å². The fraction of sp³-hybridized carbons (Fsp3) is 0.188. The molecule has 0 amide bonds. The molecule has 0 aliphatic carbocycles. The van der Waals surface area contributed by atoms with Gasteiger partial charge in [-0.15, -0.1) is 0 Å². The number of aliphatic hydroxyl groups excluding tert-OH is 1. The van der Waals surface area contributed by atoms with Crippen LogP contribution in [-0.4, -0.2) is 14.9 Å². The van der Waals surface area contributed by atoms with E-state index in [2.05, 4.69) is 23.3 Å². The molecule has 1 atom stereocenters. The van der Waals surface area contributed by atoms with Gasteiger partial charge in [-0.25, -0.2) is 0 Å². The maximum Gasteiger partial charge on any atom is 0.101 e. The third kappa shape index (κ3) is 2.30. The summed E-state index contributed by atoms with van der Waals surface area (Å²) >= 11 is 6.08. The lowest BCUT2D eigenvalue weighted by Crippen LogP contribution is -2.08. The zero-order valence-corrected chi connectivity index (χ0v) is 11.9. The van der Waals surface area contributed by atoms with Crippen LogP contribution in [0.25, 0.3) is 10.8 Å². The molecule has 4 heteroatoms. The second kappa shape index (κ2) is 5.27. The maximum absolute atomic E-state index is 10.4. The van der Waals surface area contributed by atoms with E-state index in [0.29, 0.717) is 17.1 Å². The van der Waals surface area contributed by atoms with Crippen LogP contribution < -0.4 is 0 Å². The Labute approximate surface area is 122 Å². The minimum absolute atomic E-state index is 0.500. The number of halogens is 1. The Hall–Kier alpha value is -1.84. The fourth-order valence-corrected chi connectivity index (χ4v) is 2.86. The van der Waals surface area contributed by atoms with E-state index in [4.69, 9.17) is 11.6 Å².